The summed E-state index contributed by atoms with van der Waals surface area (Å²) in [5.74, 6) is 0.460. The van der Waals surface area contributed by atoms with Gasteiger partial charge >= 0.3 is 0 Å². The van der Waals surface area contributed by atoms with Gasteiger partial charge in [0.15, 0.2) is 9.84 Å². The van der Waals surface area contributed by atoms with E-state index in [2.05, 4.69) is 10.2 Å². The number of likely N-dealkylation sites (tertiary alicyclic amines) is 1. The molecular formula is C15H22N2O4S. The molecule has 1 aromatic heterocycles. The Morgan fingerprint density at radius 2 is 2.00 bits per heavy atom. The number of nitrogens with one attached hydrogen (secondary N) is 1. The highest BCUT2D eigenvalue weighted by atomic mass is 32.2. The quantitative estimate of drug-likeness (QED) is 0.895. The van der Waals surface area contributed by atoms with Crippen LogP contribution < -0.4 is 5.32 Å². The highest BCUT2D eigenvalue weighted by Gasteiger charge is 2.42. The van der Waals surface area contributed by atoms with Crippen molar-refractivity contribution < 1.29 is 17.6 Å². The summed E-state index contributed by atoms with van der Waals surface area (Å²) in [5.41, 5.74) is 0.474. The largest absolute Gasteiger partial charge is 0.469 e. The molecule has 2 aliphatic heterocycles. The van der Waals surface area contributed by atoms with Crippen LogP contribution in [0.3, 0.4) is 0 Å². The van der Waals surface area contributed by atoms with Gasteiger partial charge in [0.1, 0.15) is 5.76 Å². The van der Waals surface area contributed by atoms with E-state index < -0.39 is 9.84 Å². The van der Waals surface area contributed by atoms with Gasteiger partial charge in [0, 0.05) is 6.04 Å². The van der Waals surface area contributed by atoms with E-state index in [0.29, 0.717) is 11.3 Å². The summed E-state index contributed by atoms with van der Waals surface area (Å²) in [4.78, 5) is 14.6. The second-order valence-electron chi connectivity index (χ2n) is 6.21. The fourth-order valence-corrected chi connectivity index (χ4v) is 5.40. The third-order valence-corrected chi connectivity index (χ3v) is 6.32. The van der Waals surface area contributed by atoms with Gasteiger partial charge < -0.3 is 9.73 Å². The van der Waals surface area contributed by atoms with E-state index >= 15 is 0 Å². The Bertz CT molecular complexity index is 646. The fourth-order valence-electron chi connectivity index (χ4n) is 3.44. The second kappa shape index (κ2) is 6.04. The molecule has 0 saturated carbocycles. The lowest BCUT2D eigenvalue weighted by Gasteiger charge is -2.34. The Labute approximate surface area is 130 Å². The number of rotatable bonds is 3. The summed E-state index contributed by atoms with van der Waals surface area (Å²) in [7, 11) is -3.10. The van der Waals surface area contributed by atoms with Crippen molar-refractivity contribution >= 4 is 15.7 Å². The van der Waals surface area contributed by atoms with Crippen molar-refractivity contribution in [2.75, 3.05) is 24.6 Å². The molecule has 3 heterocycles. The average molecular weight is 326 g/mol. The average Bonchev–Trinajstić information content (AvgIpc) is 3.03. The molecule has 2 aliphatic rings. The van der Waals surface area contributed by atoms with E-state index in [4.69, 9.17) is 4.42 Å². The number of hydrogen-bond acceptors (Lipinski definition) is 5. The number of nitrogens with zero attached hydrogens (tertiary/aromatic N) is 1. The van der Waals surface area contributed by atoms with Crippen LogP contribution >= 0.6 is 0 Å². The van der Waals surface area contributed by atoms with Gasteiger partial charge in [-0.3, -0.25) is 9.69 Å². The summed E-state index contributed by atoms with van der Waals surface area (Å²) < 4.78 is 29.2. The predicted molar refractivity (Wildman–Crippen MR) is 82.6 cm³/mol. The number of aryl methyl sites for hydroxylation is 1. The van der Waals surface area contributed by atoms with Crippen LogP contribution in [0.1, 0.15) is 35.4 Å². The summed E-state index contributed by atoms with van der Waals surface area (Å²) in [6.45, 7) is 3.55. The monoisotopic (exact) mass is 326 g/mol. The molecule has 3 rings (SSSR count). The molecule has 0 bridgehead atoms. The first-order valence-corrected chi connectivity index (χ1v) is 9.58. The lowest BCUT2D eigenvalue weighted by molar-refractivity contribution is 0.0898. The molecule has 2 saturated heterocycles. The van der Waals surface area contributed by atoms with Crippen molar-refractivity contribution in [3.8, 4) is 0 Å². The van der Waals surface area contributed by atoms with Crippen LogP contribution in [-0.2, 0) is 9.84 Å². The van der Waals surface area contributed by atoms with E-state index in [1.54, 1.807) is 13.0 Å². The fraction of sp³-hybridized carbons (Fsp3) is 0.667. The topological polar surface area (TPSA) is 79.6 Å². The zero-order valence-corrected chi connectivity index (χ0v) is 13.6. The van der Waals surface area contributed by atoms with Crippen LogP contribution in [0.25, 0.3) is 0 Å². The van der Waals surface area contributed by atoms with Gasteiger partial charge in [-0.05, 0) is 38.9 Å². The molecule has 0 unspecified atom stereocenters. The standard InChI is InChI=1S/C15H22N2O4S/c1-11-12(5-8-21-11)15(18)16-13-9-22(19,20)10-14(13)17-6-3-2-4-7-17/h5,8,13-14H,2-4,6-7,9-10H2,1H3,(H,16,18)/t13-,14-/m1/s1. The normalized spacial score (nSPS) is 28.6. The lowest BCUT2D eigenvalue weighted by Crippen LogP contribution is -2.52. The van der Waals surface area contributed by atoms with Gasteiger partial charge in [-0.1, -0.05) is 6.42 Å². The highest BCUT2D eigenvalue weighted by Crippen LogP contribution is 2.23. The Hall–Kier alpha value is -1.34. The molecule has 0 spiro atoms. The SMILES string of the molecule is Cc1occc1C(=O)N[C@@H]1CS(=O)(=O)C[C@H]1N1CCCCC1. The van der Waals surface area contributed by atoms with Crippen molar-refractivity contribution in [2.45, 2.75) is 38.3 Å². The maximum Gasteiger partial charge on any atom is 0.255 e. The Kier molecular flexibility index (Phi) is 4.27. The van der Waals surface area contributed by atoms with Crippen LogP contribution in [0.2, 0.25) is 0 Å². The molecule has 2 atom stereocenters. The molecule has 2 fully saturated rings. The van der Waals surface area contributed by atoms with Gasteiger partial charge in [-0.25, -0.2) is 8.42 Å². The highest BCUT2D eigenvalue weighted by molar-refractivity contribution is 7.91. The summed E-state index contributed by atoms with van der Waals surface area (Å²) in [5, 5.41) is 2.91. The van der Waals surface area contributed by atoms with Gasteiger partial charge in [0.05, 0.1) is 29.4 Å². The summed E-state index contributed by atoms with van der Waals surface area (Å²) in [6.07, 6.45) is 4.86. The van der Waals surface area contributed by atoms with E-state index in [-0.39, 0.29) is 29.5 Å². The van der Waals surface area contributed by atoms with Crippen LogP contribution in [0.15, 0.2) is 16.7 Å². The maximum absolute atomic E-state index is 12.3. The Morgan fingerprint density at radius 1 is 1.27 bits per heavy atom. The minimum Gasteiger partial charge on any atom is -0.469 e. The number of carbonyl (C=O) groups excluding carboxylic acids is 1. The first-order valence-electron chi connectivity index (χ1n) is 7.76. The molecule has 0 radical (unpaired) electrons. The Morgan fingerprint density at radius 3 is 2.64 bits per heavy atom. The third-order valence-electron chi connectivity index (χ3n) is 4.60. The number of hydrogen-bond donors (Lipinski definition) is 1. The van der Waals surface area contributed by atoms with E-state index in [1.807, 2.05) is 0 Å². The molecule has 22 heavy (non-hydrogen) atoms. The molecule has 1 N–H and O–H groups in total. The zero-order valence-electron chi connectivity index (χ0n) is 12.7. The van der Waals surface area contributed by atoms with Gasteiger partial charge in [0.2, 0.25) is 0 Å². The van der Waals surface area contributed by atoms with Crippen molar-refractivity contribution in [1.29, 1.82) is 0 Å². The summed E-state index contributed by atoms with van der Waals surface area (Å²) >= 11 is 0. The molecule has 122 valence electrons. The van der Waals surface area contributed by atoms with Crippen LogP contribution in [0.5, 0.6) is 0 Å². The molecular weight excluding hydrogens is 304 g/mol. The van der Waals surface area contributed by atoms with E-state index in [0.717, 1.165) is 25.9 Å². The third kappa shape index (κ3) is 3.20. The second-order valence-corrected chi connectivity index (χ2v) is 8.37. The predicted octanol–water partition coefficient (Wildman–Crippen LogP) is 0.969. The smallest absolute Gasteiger partial charge is 0.255 e. The van der Waals surface area contributed by atoms with Crippen LogP contribution in [0, 0.1) is 6.92 Å². The minimum absolute atomic E-state index is 0.0246. The van der Waals surface area contributed by atoms with Crippen molar-refractivity contribution in [2.24, 2.45) is 0 Å². The number of amides is 1. The van der Waals surface area contributed by atoms with Crippen molar-refractivity contribution in [3.05, 3.63) is 23.7 Å². The maximum atomic E-state index is 12.3. The zero-order chi connectivity index (χ0) is 15.7. The first kappa shape index (κ1) is 15.6. The number of carbonyl (C=O) groups is 1. The van der Waals surface area contributed by atoms with Crippen molar-refractivity contribution in [1.82, 2.24) is 10.2 Å². The molecule has 6 nitrogen and oxygen atoms in total. The Balaban J connectivity index is 1.75. The molecule has 0 aromatic carbocycles. The van der Waals surface area contributed by atoms with E-state index in [1.165, 1.54) is 12.7 Å². The van der Waals surface area contributed by atoms with Gasteiger partial charge in [-0.2, -0.15) is 0 Å². The van der Waals surface area contributed by atoms with Crippen LogP contribution in [-0.4, -0.2) is 55.9 Å². The lowest BCUT2D eigenvalue weighted by atomic mass is 10.0. The molecule has 1 aromatic rings. The molecule has 7 heteroatoms. The van der Waals surface area contributed by atoms with Gasteiger partial charge in [-0.15, -0.1) is 0 Å². The van der Waals surface area contributed by atoms with Gasteiger partial charge in [0.25, 0.3) is 5.91 Å². The number of furan rings is 1. The molecule has 1 amide bonds. The van der Waals surface area contributed by atoms with E-state index in [9.17, 15) is 13.2 Å². The number of sulfone groups is 1. The van der Waals surface area contributed by atoms with Crippen LogP contribution in [0.4, 0.5) is 0 Å². The van der Waals surface area contributed by atoms with Crippen molar-refractivity contribution in [3.63, 3.8) is 0 Å². The number of piperidine rings is 1. The molecule has 0 aliphatic carbocycles. The first-order chi connectivity index (χ1) is 10.5. The summed E-state index contributed by atoms with van der Waals surface area (Å²) in [6, 6.07) is 1.16. The minimum atomic E-state index is -3.10.